The Balaban J connectivity index is 1.17. The third-order valence-corrected chi connectivity index (χ3v) is 7.05. The van der Waals surface area contributed by atoms with E-state index in [2.05, 4.69) is 10.2 Å². The van der Waals surface area contributed by atoms with Gasteiger partial charge in [0, 0.05) is 25.2 Å². The molecule has 1 aliphatic carbocycles. The van der Waals surface area contributed by atoms with Gasteiger partial charge in [-0.2, -0.15) is 8.42 Å². The maximum absolute atomic E-state index is 13.0. The van der Waals surface area contributed by atoms with Crippen molar-refractivity contribution in [3.05, 3.63) is 71.0 Å². The summed E-state index contributed by atoms with van der Waals surface area (Å²) in [6.07, 6.45) is 9.53. The lowest BCUT2D eigenvalue weighted by atomic mass is 9.84. The van der Waals surface area contributed by atoms with Crippen molar-refractivity contribution in [1.82, 2.24) is 10.2 Å². The van der Waals surface area contributed by atoms with E-state index in [1.807, 2.05) is 12.1 Å². The van der Waals surface area contributed by atoms with Gasteiger partial charge in [-0.1, -0.05) is 18.2 Å². The Morgan fingerprint density at radius 3 is 2.50 bits per heavy atom. The lowest BCUT2D eigenvalue weighted by molar-refractivity contribution is -0.117. The lowest BCUT2D eigenvalue weighted by Crippen LogP contribution is -2.37. The molecule has 6 nitrogen and oxygen atoms in total. The fourth-order valence-electron chi connectivity index (χ4n) is 4.78. The molecule has 2 aliphatic rings. The van der Waals surface area contributed by atoms with Gasteiger partial charge in [-0.3, -0.25) is 9.69 Å². The maximum atomic E-state index is 13.0. The number of halogens is 1. The van der Waals surface area contributed by atoms with Crippen LogP contribution in [0.2, 0.25) is 0 Å². The fraction of sp³-hybridized carbons (Fsp3) is 0.423. The van der Waals surface area contributed by atoms with Crippen LogP contribution in [0.1, 0.15) is 48.8 Å². The summed E-state index contributed by atoms with van der Waals surface area (Å²) in [5.41, 5.74) is 3.14. The molecule has 1 fully saturated rings. The molecule has 0 saturated heterocycles. The molecule has 0 aromatic heterocycles. The molecule has 4 rings (SSSR count). The van der Waals surface area contributed by atoms with Crippen LogP contribution in [0, 0.1) is 11.7 Å². The van der Waals surface area contributed by atoms with Crippen LogP contribution in [-0.2, 0) is 28.0 Å². The zero-order valence-corrected chi connectivity index (χ0v) is 20.2. The predicted octanol–water partition coefficient (Wildman–Crippen LogP) is 4.26. The minimum Gasteiger partial charge on any atom is -0.383 e. The van der Waals surface area contributed by atoms with E-state index in [4.69, 9.17) is 4.18 Å². The fourth-order valence-corrected chi connectivity index (χ4v) is 5.24. The first kappa shape index (κ1) is 24.4. The number of nitrogens with one attached hydrogen (secondary N) is 1. The van der Waals surface area contributed by atoms with E-state index >= 15 is 0 Å². The number of nitrogens with zero attached hydrogens (tertiary/aromatic N) is 1. The van der Waals surface area contributed by atoms with Gasteiger partial charge >= 0.3 is 10.1 Å². The molecule has 8 heteroatoms. The van der Waals surface area contributed by atoms with Gasteiger partial charge in [0.2, 0.25) is 5.91 Å². The van der Waals surface area contributed by atoms with Gasteiger partial charge in [-0.25, -0.2) is 4.39 Å². The molecule has 1 N–H and O–H groups in total. The second kappa shape index (κ2) is 10.7. The van der Waals surface area contributed by atoms with Crippen LogP contribution < -0.4 is 9.50 Å². The van der Waals surface area contributed by atoms with E-state index in [0.29, 0.717) is 11.7 Å². The monoisotopic (exact) mass is 486 g/mol. The van der Waals surface area contributed by atoms with Crippen molar-refractivity contribution in [3.8, 4) is 5.75 Å². The smallest absolute Gasteiger partial charge is 0.306 e. The third-order valence-electron chi connectivity index (χ3n) is 6.56. The van der Waals surface area contributed by atoms with Gasteiger partial charge in [0.1, 0.15) is 11.6 Å². The van der Waals surface area contributed by atoms with Crippen molar-refractivity contribution < 1.29 is 21.8 Å². The minimum atomic E-state index is -3.52. The Kier molecular flexibility index (Phi) is 7.68. The molecule has 0 spiro atoms. The number of hydrogen-bond donors (Lipinski definition) is 1. The molecular weight excluding hydrogens is 455 g/mol. The highest BCUT2D eigenvalue weighted by molar-refractivity contribution is 7.86. The summed E-state index contributed by atoms with van der Waals surface area (Å²) in [6, 6.07) is 11.7. The summed E-state index contributed by atoms with van der Waals surface area (Å²) < 4.78 is 40.7. The van der Waals surface area contributed by atoms with Crippen LogP contribution in [-0.4, -0.2) is 38.1 Å². The highest BCUT2D eigenvalue weighted by Crippen LogP contribution is 2.30. The zero-order valence-electron chi connectivity index (χ0n) is 19.4. The molecule has 1 heterocycles. The average molecular weight is 487 g/mol. The minimum absolute atomic E-state index is 0.109. The van der Waals surface area contributed by atoms with E-state index in [0.717, 1.165) is 69.1 Å². The third kappa shape index (κ3) is 7.14. The normalized spacial score (nSPS) is 20.9. The number of benzene rings is 2. The number of carbonyl (C=O) groups is 1. The standard InChI is InChI=1S/C26H31FN2O4S/c1-34(31,32)33-25-12-7-21-17-29(18-22(21)16-25)15-14-20-4-10-24(11-5-20)28-26(30)13-6-19-2-8-23(27)9-3-19/h2-3,6-9,12-13,16,20,24H,4-5,10-11,14-15,17-18H2,1H3,(H,28,30). The molecule has 1 amide bonds. The van der Waals surface area contributed by atoms with Gasteiger partial charge < -0.3 is 9.50 Å². The van der Waals surface area contributed by atoms with E-state index in [-0.39, 0.29) is 17.8 Å². The summed E-state index contributed by atoms with van der Waals surface area (Å²) in [4.78, 5) is 14.6. The number of carbonyl (C=O) groups excluding carboxylic acids is 1. The van der Waals surface area contributed by atoms with Crippen molar-refractivity contribution in [3.63, 3.8) is 0 Å². The molecule has 34 heavy (non-hydrogen) atoms. The highest BCUT2D eigenvalue weighted by Gasteiger charge is 2.24. The van der Waals surface area contributed by atoms with Crippen molar-refractivity contribution >= 4 is 22.1 Å². The zero-order chi connectivity index (χ0) is 24.1. The van der Waals surface area contributed by atoms with Crippen molar-refractivity contribution in [2.45, 2.75) is 51.2 Å². The molecular formula is C26H31FN2O4S. The van der Waals surface area contributed by atoms with Gasteiger partial charge in [0.25, 0.3) is 0 Å². The van der Waals surface area contributed by atoms with Crippen LogP contribution >= 0.6 is 0 Å². The van der Waals surface area contributed by atoms with Crippen molar-refractivity contribution in [2.75, 3.05) is 12.8 Å². The summed E-state index contributed by atoms with van der Waals surface area (Å²) >= 11 is 0. The molecule has 0 atom stereocenters. The topological polar surface area (TPSA) is 75.7 Å². The first-order valence-corrected chi connectivity index (χ1v) is 13.5. The Labute approximate surface area is 200 Å². The first-order chi connectivity index (χ1) is 16.2. The number of amides is 1. The van der Waals surface area contributed by atoms with Gasteiger partial charge in [0.15, 0.2) is 0 Å². The van der Waals surface area contributed by atoms with Crippen molar-refractivity contribution in [1.29, 1.82) is 0 Å². The van der Waals surface area contributed by atoms with E-state index in [9.17, 15) is 17.6 Å². The van der Waals surface area contributed by atoms with Crippen LogP contribution in [0.5, 0.6) is 5.75 Å². The number of rotatable bonds is 8. The Morgan fingerprint density at radius 1 is 1.09 bits per heavy atom. The molecule has 1 saturated carbocycles. The largest absolute Gasteiger partial charge is 0.383 e. The predicted molar refractivity (Wildman–Crippen MR) is 130 cm³/mol. The molecule has 2 aromatic carbocycles. The molecule has 0 radical (unpaired) electrons. The van der Waals surface area contributed by atoms with Gasteiger partial charge in [0.05, 0.1) is 6.26 Å². The Bertz CT molecular complexity index is 1140. The quantitative estimate of drug-likeness (QED) is 0.446. The van der Waals surface area contributed by atoms with Crippen molar-refractivity contribution in [2.24, 2.45) is 5.92 Å². The van der Waals surface area contributed by atoms with Crippen LogP contribution in [0.15, 0.2) is 48.5 Å². The second-order valence-corrected chi connectivity index (χ2v) is 10.9. The SMILES string of the molecule is CS(=O)(=O)Oc1ccc2c(c1)CN(CCC1CCC(NC(=O)C=Cc3ccc(F)cc3)CC1)C2. The average Bonchev–Trinajstić information content (AvgIpc) is 3.19. The second-order valence-electron chi connectivity index (χ2n) is 9.33. The molecule has 1 aliphatic heterocycles. The molecule has 0 bridgehead atoms. The summed E-state index contributed by atoms with van der Waals surface area (Å²) in [7, 11) is -3.52. The Morgan fingerprint density at radius 2 is 1.79 bits per heavy atom. The molecule has 0 unspecified atom stereocenters. The van der Waals surface area contributed by atoms with Crippen LogP contribution in [0.25, 0.3) is 6.08 Å². The van der Waals surface area contributed by atoms with Crippen LogP contribution in [0.3, 0.4) is 0 Å². The van der Waals surface area contributed by atoms with Gasteiger partial charge in [-0.05, 0) is 91.6 Å². The van der Waals surface area contributed by atoms with E-state index in [1.165, 1.54) is 23.8 Å². The molecule has 182 valence electrons. The van der Waals surface area contributed by atoms with Gasteiger partial charge in [-0.15, -0.1) is 0 Å². The van der Waals surface area contributed by atoms with Crippen LogP contribution in [0.4, 0.5) is 4.39 Å². The maximum Gasteiger partial charge on any atom is 0.306 e. The Hall–Kier alpha value is -2.71. The summed E-state index contributed by atoms with van der Waals surface area (Å²) in [5, 5.41) is 3.09. The summed E-state index contributed by atoms with van der Waals surface area (Å²) in [5.74, 6) is 0.620. The lowest BCUT2D eigenvalue weighted by Gasteiger charge is -2.30. The summed E-state index contributed by atoms with van der Waals surface area (Å²) in [6.45, 7) is 2.68. The number of hydrogen-bond acceptors (Lipinski definition) is 5. The number of fused-ring (bicyclic) bond motifs is 1. The first-order valence-electron chi connectivity index (χ1n) is 11.7. The van der Waals surface area contributed by atoms with E-state index < -0.39 is 10.1 Å². The molecule has 2 aromatic rings. The van der Waals surface area contributed by atoms with E-state index in [1.54, 1.807) is 24.3 Å². The highest BCUT2D eigenvalue weighted by atomic mass is 32.2.